The summed E-state index contributed by atoms with van der Waals surface area (Å²) in [6, 6.07) is 25.8. The summed E-state index contributed by atoms with van der Waals surface area (Å²) in [6.07, 6.45) is 2.26. The molecular formula is C30H26N4O4. The van der Waals surface area contributed by atoms with Crippen molar-refractivity contribution < 1.29 is 14.3 Å². The summed E-state index contributed by atoms with van der Waals surface area (Å²) in [7, 11) is 0. The largest absolute Gasteiger partial charge is 0.462 e. The van der Waals surface area contributed by atoms with Crippen LogP contribution < -0.4 is 11.0 Å². The van der Waals surface area contributed by atoms with Gasteiger partial charge in [0.2, 0.25) is 0 Å². The number of nitrogens with zero attached hydrogens (tertiary/aromatic N) is 4. The minimum Gasteiger partial charge on any atom is -0.462 e. The SMILES string of the molecule is CCOC(=O)c1cc2c(=O)n3ccccc3nc2n(CCc2ccccc2)c1=NC(=O)Cc1ccccc1. The van der Waals surface area contributed by atoms with Crippen molar-refractivity contribution in [3.05, 3.63) is 124 Å². The number of ether oxygens (including phenoxy) is 1. The maximum atomic E-state index is 13.5. The van der Waals surface area contributed by atoms with Crippen LogP contribution in [0.2, 0.25) is 0 Å². The molecule has 0 atom stereocenters. The molecule has 38 heavy (non-hydrogen) atoms. The fourth-order valence-electron chi connectivity index (χ4n) is 4.38. The number of rotatable bonds is 7. The molecule has 3 heterocycles. The van der Waals surface area contributed by atoms with Crippen LogP contribution in [0.3, 0.4) is 0 Å². The van der Waals surface area contributed by atoms with Crippen LogP contribution in [0.25, 0.3) is 16.7 Å². The predicted octanol–water partition coefficient (Wildman–Crippen LogP) is 3.74. The number of aromatic nitrogens is 3. The Hall–Kier alpha value is -4.85. The molecule has 3 aromatic heterocycles. The number of hydrogen-bond donors (Lipinski definition) is 0. The van der Waals surface area contributed by atoms with E-state index in [4.69, 9.17) is 9.72 Å². The minimum absolute atomic E-state index is 0.0450. The second-order valence-corrected chi connectivity index (χ2v) is 8.74. The summed E-state index contributed by atoms with van der Waals surface area (Å²) < 4.78 is 8.42. The first-order valence-corrected chi connectivity index (χ1v) is 12.4. The van der Waals surface area contributed by atoms with Gasteiger partial charge < -0.3 is 9.30 Å². The van der Waals surface area contributed by atoms with E-state index in [1.807, 2.05) is 60.7 Å². The van der Waals surface area contributed by atoms with E-state index in [1.165, 1.54) is 10.5 Å². The lowest BCUT2D eigenvalue weighted by molar-refractivity contribution is -0.117. The highest BCUT2D eigenvalue weighted by molar-refractivity contribution is 5.93. The molecule has 0 aliphatic rings. The van der Waals surface area contributed by atoms with E-state index in [0.29, 0.717) is 24.3 Å². The normalized spacial score (nSPS) is 11.7. The van der Waals surface area contributed by atoms with Crippen LogP contribution in [0, 0.1) is 0 Å². The van der Waals surface area contributed by atoms with Gasteiger partial charge >= 0.3 is 5.97 Å². The zero-order valence-electron chi connectivity index (χ0n) is 20.9. The van der Waals surface area contributed by atoms with Crippen molar-refractivity contribution in [2.75, 3.05) is 6.61 Å². The van der Waals surface area contributed by atoms with Crippen molar-refractivity contribution in [3.63, 3.8) is 0 Å². The summed E-state index contributed by atoms with van der Waals surface area (Å²) in [6.45, 7) is 2.16. The Morgan fingerprint density at radius 2 is 1.61 bits per heavy atom. The van der Waals surface area contributed by atoms with Crippen LogP contribution in [-0.2, 0) is 28.9 Å². The summed E-state index contributed by atoms with van der Waals surface area (Å²) in [5.74, 6) is -1.08. The molecule has 0 spiro atoms. The number of carbonyl (C=O) groups is 2. The van der Waals surface area contributed by atoms with Crippen molar-refractivity contribution in [1.29, 1.82) is 0 Å². The second kappa shape index (κ2) is 11.0. The van der Waals surface area contributed by atoms with Crippen molar-refractivity contribution in [2.45, 2.75) is 26.3 Å². The zero-order valence-corrected chi connectivity index (χ0v) is 20.9. The van der Waals surface area contributed by atoms with E-state index < -0.39 is 11.9 Å². The first kappa shape index (κ1) is 24.8. The smallest absolute Gasteiger partial charge is 0.341 e. The standard InChI is InChI=1S/C30H26N4O4/c1-2-38-30(37)24-20-23-27(31-25-15-9-10-17-33(25)29(23)36)34(18-16-21-11-5-3-6-12-21)28(24)32-26(35)19-22-13-7-4-8-14-22/h3-15,17,20H,2,16,18-19H2,1H3. The van der Waals surface area contributed by atoms with Gasteiger partial charge in [-0.25, -0.2) is 9.78 Å². The molecule has 5 rings (SSSR count). The molecule has 8 heteroatoms. The molecule has 0 fully saturated rings. The summed E-state index contributed by atoms with van der Waals surface area (Å²) >= 11 is 0. The number of pyridine rings is 2. The highest BCUT2D eigenvalue weighted by Crippen LogP contribution is 2.13. The molecule has 0 aliphatic carbocycles. The molecule has 0 bridgehead atoms. The Labute approximate surface area is 218 Å². The third kappa shape index (κ3) is 5.15. The van der Waals surface area contributed by atoms with E-state index >= 15 is 0 Å². The van der Waals surface area contributed by atoms with E-state index in [2.05, 4.69) is 4.99 Å². The highest BCUT2D eigenvalue weighted by Gasteiger charge is 2.20. The first-order valence-electron chi connectivity index (χ1n) is 12.4. The number of hydrogen-bond acceptors (Lipinski definition) is 5. The van der Waals surface area contributed by atoms with Gasteiger partial charge in [0, 0.05) is 12.7 Å². The van der Waals surface area contributed by atoms with Gasteiger partial charge in [-0.2, -0.15) is 4.99 Å². The highest BCUT2D eigenvalue weighted by atomic mass is 16.5. The van der Waals surface area contributed by atoms with Gasteiger partial charge in [0.1, 0.15) is 16.9 Å². The van der Waals surface area contributed by atoms with Gasteiger partial charge in [-0.15, -0.1) is 0 Å². The van der Waals surface area contributed by atoms with Crippen LogP contribution >= 0.6 is 0 Å². The van der Waals surface area contributed by atoms with E-state index in [-0.39, 0.29) is 35.0 Å². The van der Waals surface area contributed by atoms with Gasteiger partial charge in [-0.3, -0.25) is 14.0 Å². The molecule has 0 aliphatic heterocycles. The topological polar surface area (TPSA) is 95.0 Å². The van der Waals surface area contributed by atoms with Crippen LogP contribution in [-0.4, -0.2) is 32.4 Å². The summed E-state index contributed by atoms with van der Waals surface area (Å²) in [4.78, 5) is 48.9. The van der Waals surface area contributed by atoms with Crippen molar-refractivity contribution >= 4 is 28.6 Å². The van der Waals surface area contributed by atoms with Gasteiger partial charge in [-0.1, -0.05) is 66.7 Å². The number of aryl methyl sites for hydroxylation is 2. The molecule has 0 radical (unpaired) electrons. The van der Waals surface area contributed by atoms with Gasteiger partial charge in [-0.05, 0) is 42.7 Å². The summed E-state index contributed by atoms with van der Waals surface area (Å²) in [5, 5.41) is 0.235. The Balaban J connectivity index is 1.77. The van der Waals surface area contributed by atoms with E-state index in [9.17, 15) is 14.4 Å². The Morgan fingerprint density at radius 3 is 2.32 bits per heavy atom. The fourth-order valence-corrected chi connectivity index (χ4v) is 4.38. The first-order chi connectivity index (χ1) is 18.5. The molecular weight excluding hydrogens is 480 g/mol. The molecule has 2 aromatic carbocycles. The van der Waals surface area contributed by atoms with E-state index in [1.54, 1.807) is 35.9 Å². The maximum absolute atomic E-state index is 13.5. The lowest BCUT2D eigenvalue weighted by atomic mass is 10.1. The third-order valence-electron chi connectivity index (χ3n) is 6.18. The van der Waals surface area contributed by atoms with Gasteiger partial charge in [0.05, 0.1) is 18.4 Å². The maximum Gasteiger partial charge on any atom is 0.341 e. The molecule has 0 saturated carbocycles. The molecule has 190 valence electrons. The fraction of sp³-hybridized carbons (Fsp3) is 0.167. The average molecular weight is 507 g/mol. The third-order valence-corrected chi connectivity index (χ3v) is 6.18. The molecule has 1 amide bonds. The number of esters is 1. The van der Waals surface area contributed by atoms with Crippen LogP contribution in [0.5, 0.6) is 0 Å². The lowest BCUT2D eigenvalue weighted by Crippen LogP contribution is -2.33. The van der Waals surface area contributed by atoms with E-state index in [0.717, 1.165) is 11.1 Å². The van der Waals surface area contributed by atoms with Gasteiger partial charge in [0.15, 0.2) is 5.49 Å². The van der Waals surface area contributed by atoms with Gasteiger partial charge in [0.25, 0.3) is 11.5 Å². The Kier molecular flexibility index (Phi) is 7.21. The molecule has 0 N–H and O–H groups in total. The van der Waals surface area contributed by atoms with Crippen molar-refractivity contribution in [1.82, 2.24) is 14.0 Å². The van der Waals surface area contributed by atoms with Crippen molar-refractivity contribution in [2.24, 2.45) is 4.99 Å². The number of carbonyl (C=O) groups excluding carboxylic acids is 2. The summed E-state index contributed by atoms with van der Waals surface area (Å²) in [5.41, 5.74) is 2.49. The number of amides is 1. The van der Waals surface area contributed by atoms with Crippen LogP contribution in [0.15, 0.2) is 101 Å². The van der Waals surface area contributed by atoms with Crippen LogP contribution in [0.4, 0.5) is 0 Å². The molecule has 8 nitrogen and oxygen atoms in total. The zero-order chi connectivity index (χ0) is 26.5. The second-order valence-electron chi connectivity index (χ2n) is 8.74. The molecule has 0 unspecified atom stereocenters. The van der Waals surface area contributed by atoms with Crippen LogP contribution in [0.1, 0.15) is 28.4 Å². The molecule has 0 saturated heterocycles. The Bertz CT molecular complexity index is 1760. The molecule has 5 aromatic rings. The average Bonchev–Trinajstić information content (AvgIpc) is 2.93. The lowest BCUT2D eigenvalue weighted by Gasteiger charge is -2.15. The van der Waals surface area contributed by atoms with Crippen molar-refractivity contribution in [3.8, 4) is 0 Å². The quantitative estimate of drug-likeness (QED) is 0.248. The Morgan fingerprint density at radius 1 is 0.921 bits per heavy atom. The minimum atomic E-state index is -0.660. The predicted molar refractivity (Wildman–Crippen MR) is 144 cm³/mol. The number of fused-ring (bicyclic) bond motifs is 2. The number of benzene rings is 2. The monoisotopic (exact) mass is 506 g/mol.